The molecule has 1 fully saturated rings. The van der Waals surface area contributed by atoms with Crippen molar-refractivity contribution in [3.63, 3.8) is 0 Å². The van der Waals surface area contributed by atoms with Crippen LogP contribution in [0.15, 0.2) is 54.6 Å². The predicted octanol–water partition coefficient (Wildman–Crippen LogP) is 4.81. The first kappa shape index (κ1) is 21.4. The lowest BCUT2D eigenvalue weighted by molar-refractivity contribution is 0.0746. The Labute approximate surface area is 191 Å². The number of ether oxygens (including phenoxy) is 1. The smallest absolute Gasteiger partial charge is 0.253 e. The largest absolute Gasteiger partial charge is 0.494 e. The molecule has 1 aromatic heterocycles. The highest BCUT2D eigenvalue weighted by Crippen LogP contribution is 2.29. The first-order valence-electron chi connectivity index (χ1n) is 10.1. The van der Waals surface area contributed by atoms with E-state index in [1.165, 1.54) is 0 Å². The Morgan fingerprint density at radius 2 is 1.71 bits per heavy atom. The van der Waals surface area contributed by atoms with E-state index in [-0.39, 0.29) is 5.91 Å². The number of amides is 1. The molecule has 0 radical (unpaired) electrons. The predicted molar refractivity (Wildman–Crippen MR) is 123 cm³/mol. The number of halogens is 2. The Morgan fingerprint density at radius 3 is 2.32 bits per heavy atom. The topological polar surface area (TPSA) is 58.6 Å². The summed E-state index contributed by atoms with van der Waals surface area (Å²) in [4.78, 5) is 16.8. The molecule has 0 spiro atoms. The molecular weight excluding hydrogens is 435 g/mol. The van der Waals surface area contributed by atoms with Crippen molar-refractivity contribution in [1.29, 1.82) is 0 Å². The number of carbonyl (C=O) groups excluding carboxylic acids is 1. The van der Waals surface area contributed by atoms with Gasteiger partial charge in [0.1, 0.15) is 5.75 Å². The van der Waals surface area contributed by atoms with Gasteiger partial charge in [-0.05, 0) is 61.5 Å². The molecule has 2 heterocycles. The normalized spacial score (nSPS) is 13.9. The van der Waals surface area contributed by atoms with E-state index in [0.29, 0.717) is 54.1 Å². The van der Waals surface area contributed by atoms with E-state index in [1.807, 2.05) is 54.3 Å². The number of piperazine rings is 1. The number of aromatic nitrogens is 2. The second-order valence-electron chi connectivity index (χ2n) is 7.14. The molecule has 8 heteroatoms. The van der Waals surface area contributed by atoms with E-state index in [0.717, 1.165) is 17.1 Å². The Bertz CT molecular complexity index is 1050. The monoisotopic (exact) mass is 456 g/mol. The number of benzene rings is 2. The summed E-state index contributed by atoms with van der Waals surface area (Å²) in [6.45, 7) is 5.17. The third-order valence-corrected chi connectivity index (χ3v) is 5.71. The van der Waals surface area contributed by atoms with Crippen molar-refractivity contribution >= 4 is 34.9 Å². The van der Waals surface area contributed by atoms with Crippen LogP contribution in [0.3, 0.4) is 0 Å². The molecule has 0 N–H and O–H groups in total. The molecule has 31 heavy (non-hydrogen) atoms. The van der Waals surface area contributed by atoms with Crippen LogP contribution in [0.4, 0.5) is 5.82 Å². The number of hydrogen-bond acceptors (Lipinski definition) is 5. The number of nitrogens with zero attached hydrogens (tertiary/aromatic N) is 4. The highest BCUT2D eigenvalue weighted by molar-refractivity contribution is 6.36. The molecule has 0 atom stereocenters. The molecule has 0 aliphatic carbocycles. The summed E-state index contributed by atoms with van der Waals surface area (Å²) in [6.07, 6.45) is 0. The van der Waals surface area contributed by atoms with Crippen molar-refractivity contribution < 1.29 is 9.53 Å². The summed E-state index contributed by atoms with van der Waals surface area (Å²) < 4.78 is 5.44. The fraction of sp³-hybridized carbons (Fsp3) is 0.261. The summed E-state index contributed by atoms with van der Waals surface area (Å²) in [7, 11) is 0. The van der Waals surface area contributed by atoms with Gasteiger partial charge >= 0.3 is 0 Å². The summed E-state index contributed by atoms with van der Waals surface area (Å²) in [5.74, 6) is 1.58. The molecule has 0 unspecified atom stereocenters. The number of anilines is 1. The van der Waals surface area contributed by atoms with Crippen molar-refractivity contribution in [2.45, 2.75) is 6.92 Å². The maximum Gasteiger partial charge on any atom is 0.253 e. The van der Waals surface area contributed by atoms with Gasteiger partial charge in [-0.2, -0.15) is 0 Å². The molecule has 1 aliphatic heterocycles. The van der Waals surface area contributed by atoms with Gasteiger partial charge in [0.05, 0.1) is 17.3 Å². The molecule has 160 valence electrons. The van der Waals surface area contributed by atoms with Crippen LogP contribution in [0.5, 0.6) is 5.75 Å². The second-order valence-corrected chi connectivity index (χ2v) is 7.98. The van der Waals surface area contributed by atoms with Crippen LogP contribution in [-0.2, 0) is 0 Å². The minimum atomic E-state index is 0.0292. The molecule has 0 bridgehead atoms. The highest BCUT2D eigenvalue weighted by Gasteiger charge is 2.23. The van der Waals surface area contributed by atoms with Crippen LogP contribution in [0, 0.1) is 0 Å². The van der Waals surface area contributed by atoms with Gasteiger partial charge in [0.2, 0.25) is 0 Å². The SMILES string of the molecule is CCOc1ccc(C(=O)N2CCN(c3ccc(-c4ccc(Cl)cc4Cl)nn3)CC2)cc1. The molecule has 1 amide bonds. The van der Waals surface area contributed by atoms with Gasteiger partial charge in [0, 0.05) is 42.3 Å². The van der Waals surface area contributed by atoms with Gasteiger partial charge in [-0.15, -0.1) is 10.2 Å². The van der Waals surface area contributed by atoms with Crippen LogP contribution in [0.2, 0.25) is 10.0 Å². The first-order chi connectivity index (χ1) is 15.0. The van der Waals surface area contributed by atoms with Crippen molar-refractivity contribution in [1.82, 2.24) is 15.1 Å². The Kier molecular flexibility index (Phi) is 6.59. The van der Waals surface area contributed by atoms with Crippen LogP contribution < -0.4 is 9.64 Å². The lowest BCUT2D eigenvalue weighted by Gasteiger charge is -2.35. The van der Waals surface area contributed by atoms with Crippen LogP contribution in [0.25, 0.3) is 11.3 Å². The maximum absolute atomic E-state index is 12.8. The van der Waals surface area contributed by atoms with Crippen molar-refractivity contribution in [3.05, 3.63) is 70.2 Å². The van der Waals surface area contributed by atoms with E-state index >= 15 is 0 Å². The minimum absolute atomic E-state index is 0.0292. The van der Waals surface area contributed by atoms with Gasteiger partial charge in [-0.1, -0.05) is 23.2 Å². The van der Waals surface area contributed by atoms with Crippen LogP contribution in [0.1, 0.15) is 17.3 Å². The van der Waals surface area contributed by atoms with Crippen LogP contribution >= 0.6 is 23.2 Å². The maximum atomic E-state index is 12.8. The Morgan fingerprint density at radius 1 is 0.968 bits per heavy atom. The van der Waals surface area contributed by atoms with Gasteiger partial charge in [0.25, 0.3) is 5.91 Å². The van der Waals surface area contributed by atoms with E-state index < -0.39 is 0 Å². The third-order valence-electron chi connectivity index (χ3n) is 5.16. The molecule has 1 saturated heterocycles. The van der Waals surface area contributed by atoms with Crippen molar-refractivity contribution in [2.24, 2.45) is 0 Å². The van der Waals surface area contributed by atoms with E-state index in [1.54, 1.807) is 12.1 Å². The lowest BCUT2D eigenvalue weighted by Crippen LogP contribution is -2.49. The molecular formula is C23H22Cl2N4O2. The lowest BCUT2D eigenvalue weighted by atomic mass is 10.1. The molecule has 6 nitrogen and oxygen atoms in total. The summed E-state index contributed by atoms with van der Waals surface area (Å²) in [5.41, 5.74) is 2.14. The van der Waals surface area contributed by atoms with Gasteiger partial charge in [-0.25, -0.2) is 0 Å². The third kappa shape index (κ3) is 4.92. The number of rotatable bonds is 5. The summed E-state index contributed by atoms with van der Waals surface area (Å²) in [6, 6.07) is 16.4. The first-order valence-corrected chi connectivity index (χ1v) is 10.9. The van der Waals surface area contributed by atoms with E-state index in [4.69, 9.17) is 27.9 Å². The van der Waals surface area contributed by atoms with Crippen molar-refractivity contribution in [2.75, 3.05) is 37.7 Å². The minimum Gasteiger partial charge on any atom is -0.494 e. The van der Waals surface area contributed by atoms with Gasteiger partial charge in [0.15, 0.2) is 5.82 Å². The molecule has 3 aromatic rings. The molecule has 1 aliphatic rings. The zero-order valence-corrected chi connectivity index (χ0v) is 18.6. The van der Waals surface area contributed by atoms with E-state index in [9.17, 15) is 4.79 Å². The fourth-order valence-corrected chi connectivity index (χ4v) is 4.02. The van der Waals surface area contributed by atoms with Gasteiger partial charge in [-0.3, -0.25) is 4.79 Å². The zero-order chi connectivity index (χ0) is 21.8. The highest BCUT2D eigenvalue weighted by atomic mass is 35.5. The number of hydrogen-bond donors (Lipinski definition) is 0. The summed E-state index contributed by atoms with van der Waals surface area (Å²) in [5, 5.41) is 9.81. The average Bonchev–Trinajstić information content (AvgIpc) is 2.80. The van der Waals surface area contributed by atoms with Crippen molar-refractivity contribution in [3.8, 4) is 17.0 Å². The molecule has 0 saturated carbocycles. The van der Waals surface area contributed by atoms with Crippen LogP contribution in [-0.4, -0.2) is 53.8 Å². The quantitative estimate of drug-likeness (QED) is 0.551. The fourth-order valence-electron chi connectivity index (χ4n) is 3.52. The second kappa shape index (κ2) is 9.54. The zero-order valence-electron chi connectivity index (χ0n) is 17.1. The molecule has 4 rings (SSSR count). The molecule has 2 aromatic carbocycles. The standard InChI is InChI=1S/C23H22Cl2N4O2/c1-2-31-18-6-3-16(4-7-18)23(30)29-13-11-28(12-14-29)22-10-9-21(26-27-22)19-8-5-17(24)15-20(19)25/h3-10,15H,2,11-14H2,1H3. The average molecular weight is 457 g/mol. The number of carbonyl (C=O) groups is 1. The van der Waals surface area contributed by atoms with E-state index in [2.05, 4.69) is 15.1 Å². The Balaban J connectivity index is 1.37. The summed E-state index contributed by atoms with van der Waals surface area (Å²) >= 11 is 12.2. The van der Waals surface area contributed by atoms with Gasteiger partial charge < -0.3 is 14.5 Å². The Hall–Kier alpha value is -2.83.